The molecule has 10 heteroatoms. The zero-order chi connectivity index (χ0) is 19.6. The van der Waals surface area contributed by atoms with E-state index in [9.17, 15) is 18.9 Å². The zero-order valence-electron chi connectivity index (χ0n) is 14.5. The molecule has 2 atom stereocenters. The summed E-state index contributed by atoms with van der Waals surface area (Å²) in [6, 6.07) is 16.4. The summed E-state index contributed by atoms with van der Waals surface area (Å²) in [7, 11) is -8.34. The summed E-state index contributed by atoms with van der Waals surface area (Å²) < 4.78 is 43.1. The molecule has 0 aromatic heterocycles. The van der Waals surface area contributed by atoms with Crippen molar-refractivity contribution in [1.29, 1.82) is 0 Å². The number of unbranched alkanes of at least 4 members (excludes halogenated alkanes) is 2. The van der Waals surface area contributed by atoms with Crippen molar-refractivity contribution in [2.75, 3.05) is 13.2 Å². The van der Waals surface area contributed by atoms with Crippen LogP contribution in [0.3, 0.4) is 0 Å². The molecule has 0 heterocycles. The van der Waals surface area contributed by atoms with Gasteiger partial charge in [0.05, 0.1) is 13.2 Å². The van der Waals surface area contributed by atoms with Crippen LogP contribution in [0.25, 0.3) is 0 Å². The van der Waals surface area contributed by atoms with E-state index in [2.05, 4.69) is 0 Å². The first-order valence-electron chi connectivity index (χ1n) is 8.30. The quantitative estimate of drug-likeness (QED) is 0.383. The number of hydrogen-bond acceptors (Lipinski definition) is 6. The minimum Gasteiger partial charge on any atom is -0.404 e. The van der Waals surface area contributed by atoms with Gasteiger partial charge in [-0.25, -0.2) is 9.13 Å². The minimum atomic E-state index is -4.17. The van der Waals surface area contributed by atoms with Crippen molar-refractivity contribution in [2.45, 2.75) is 19.3 Å². The van der Waals surface area contributed by atoms with Crippen molar-refractivity contribution >= 4 is 15.6 Å². The number of hydrogen-bond donors (Lipinski definition) is 2. The fourth-order valence-corrected chi connectivity index (χ4v) is 3.62. The van der Waals surface area contributed by atoms with Crippen molar-refractivity contribution in [3.05, 3.63) is 60.7 Å². The van der Waals surface area contributed by atoms with E-state index in [1.807, 2.05) is 0 Å². The van der Waals surface area contributed by atoms with E-state index in [1.54, 1.807) is 60.7 Å². The van der Waals surface area contributed by atoms with Crippen LogP contribution in [0.2, 0.25) is 0 Å². The predicted octanol–water partition coefficient (Wildman–Crippen LogP) is 4.55. The topological polar surface area (TPSA) is 112 Å². The van der Waals surface area contributed by atoms with Gasteiger partial charge in [-0.3, -0.25) is 18.8 Å². The Balaban J connectivity index is 1.57. The summed E-state index contributed by atoms with van der Waals surface area (Å²) in [5.74, 6) is 0.489. The van der Waals surface area contributed by atoms with Crippen LogP contribution < -0.4 is 9.05 Å². The van der Waals surface area contributed by atoms with Crippen LogP contribution in [0.5, 0.6) is 11.5 Å². The number of rotatable bonds is 12. The van der Waals surface area contributed by atoms with E-state index in [4.69, 9.17) is 18.1 Å². The molecule has 0 radical (unpaired) electrons. The molecule has 148 valence electrons. The normalized spacial score (nSPS) is 15.5. The smallest absolute Gasteiger partial charge is 0.404 e. The predicted molar refractivity (Wildman–Crippen MR) is 99.5 cm³/mol. The lowest BCUT2D eigenvalue weighted by Gasteiger charge is -2.13. The number of phosphoric acid groups is 2. The van der Waals surface area contributed by atoms with E-state index >= 15 is 0 Å². The van der Waals surface area contributed by atoms with Crippen LogP contribution in [0.1, 0.15) is 19.3 Å². The lowest BCUT2D eigenvalue weighted by Crippen LogP contribution is -2.01. The molecule has 0 aliphatic heterocycles. The van der Waals surface area contributed by atoms with Gasteiger partial charge in [0.25, 0.3) is 0 Å². The minimum absolute atomic E-state index is 0.0118. The van der Waals surface area contributed by atoms with Crippen LogP contribution in [0.15, 0.2) is 60.7 Å². The lowest BCUT2D eigenvalue weighted by molar-refractivity contribution is 0.188. The first-order valence-corrected chi connectivity index (χ1v) is 11.3. The standard InChI is InChI=1S/C17H22O8P2/c18-26(19,24-16-10-4-1-5-11-16)22-14-8-3-9-15-23-27(20,21)25-17-12-6-2-7-13-17/h1-2,4-7,10-13H,3,8-9,14-15H2,(H,18,19)(H,20,21). The van der Waals surface area contributed by atoms with Crippen LogP contribution in [0, 0.1) is 0 Å². The molecule has 2 aromatic rings. The molecule has 0 bridgehead atoms. The fraction of sp³-hybridized carbons (Fsp3) is 0.294. The Bertz CT molecular complexity index is 704. The highest BCUT2D eigenvalue weighted by Crippen LogP contribution is 2.44. The first kappa shape index (κ1) is 21.6. The largest absolute Gasteiger partial charge is 0.527 e. The Labute approximate surface area is 157 Å². The van der Waals surface area contributed by atoms with Crippen LogP contribution >= 0.6 is 15.6 Å². The average Bonchev–Trinajstić information content (AvgIpc) is 2.61. The van der Waals surface area contributed by atoms with Crippen LogP contribution in [-0.4, -0.2) is 23.0 Å². The molecule has 2 aromatic carbocycles. The maximum absolute atomic E-state index is 11.8. The summed E-state index contributed by atoms with van der Waals surface area (Å²) in [4.78, 5) is 19.2. The van der Waals surface area contributed by atoms with E-state index < -0.39 is 15.6 Å². The SMILES string of the molecule is O=P(O)(OCCCCCOP(=O)(O)Oc1ccccc1)Oc1ccccc1. The van der Waals surface area contributed by atoms with Gasteiger partial charge < -0.3 is 9.05 Å². The Morgan fingerprint density at radius 3 is 1.37 bits per heavy atom. The molecule has 0 fully saturated rings. The summed E-state index contributed by atoms with van der Waals surface area (Å²) in [6.45, 7) is 0.0236. The van der Waals surface area contributed by atoms with Crippen molar-refractivity contribution in [3.63, 3.8) is 0 Å². The van der Waals surface area contributed by atoms with Crippen LogP contribution in [-0.2, 0) is 18.2 Å². The fourth-order valence-electron chi connectivity index (χ4n) is 2.02. The van der Waals surface area contributed by atoms with Gasteiger partial charge in [-0.15, -0.1) is 0 Å². The number of para-hydroxylation sites is 2. The average molecular weight is 416 g/mol. The van der Waals surface area contributed by atoms with Gasteiger partial charge in [-0.2, -0.15) is 0 Å². The number of phosphoric ester groups is 2. The van der Waals surface area contributed by atoms with Gasteiger partial charge in [0.15, 0.2) is 0 Å². The summed E-state index contributed by atoms with van der Waals surface area (Å²) in [6.07, 6.45) is 1.49. The molecule has 0 amide bonds. The van der Waals surface area contributed by atoms with Crippen LogP contribution in [0.4, 0.5) is 0 Å². The van der Waals surface area contributed by atoms with Crippen molar-refractivity contribution in [2.24, 2.45) is 0 Å². The second-order valence-corrected chi connectivity index (χ2v) is 8.23. The van der Waals surface area contributed by atoms with Crippen molar-refractivity contribution in [3.8, 4) is 11.5 Å². The summed E-state index contributed by atoms with van der Waals surface area (Å²) in [5.41, 5.74) is 0. The molecule has 0 saturated heterocycles. The highest BCUT2D eigenvalue weighted by Gasteiger charge is 2.23. The number of benzene rings is 2. The van der Waals surface area contributed by atoms with Gasteiger partial charge in [0, 0.05) is 0 Å². The molecular formula is C17H22O8P2. The molecular weight excluding hydrogens is 394 g/mol. The maximum Gasteiger partial charge on any atom is 0.527 e. The molecule has 0 spiro atoms. The molecule has 2 rings (SSSR count). The second kappa shape index (κ2) is 10.6. The summed E-state index contributed by atoms with van der Waals surface area (Å²) >= 11 is 0. The second-order valence-electron chi connectivity index (χ2n) is 5.47. The third kappa shape index (κ3) is 9.20. The molecule has 0 saturated carbocycles. The highest BCUT2D eigenvalue weighted by atomic mass is 31.2. The molecule has 0 aliphatic carbocycles. The van der Waals surface area contributed by atoms with Crippen molar-refractivity contribution < 1.29 is 37.0 Å². The third-order valence-corrected chi connectivity index (χ3v) is 5.13. The first-order chi connectivity index (χ1) is 12.9. The Kier molecular flexibility index (Phi) is 8.51. The van der Waals surface area contributed by atoms with E-state index in [0.29, 0.717) is 19.3 Å². The van der Waals surface area contributed by atoms with E-state index in [1.165, 1.54) is 0 Å². The molecule has 0 aliphatic rings. The van der Waals surface area contributed by atoms with Gasteiger partial charge in [0.1, 0.15) is 11.5 Å². The van der Waals surface area contributed by atoms with Crippen molar-refractivity contribution in [1.82, 2.24) is 0 Å². The monoisotopic (exact) mass is 416 g/mol. The maximum atomic E-state index is 11.8. The lowest BCUT2D eigenvalue weighted by atomic mass is 10.2. The van der Waals surface area contributed by atoms with E-state index in [-0.39, 0.29) is 24.7 Å². The molecule has 2 unspecified atom stereocenters. The highest BCUT2D eigenvalue weighted by molar-refractivity contribution is 7.48. The summed E-state index contributed by atoms with van der Waals surface area (Å²) in [5, 5.41) is 0. The zero-order valence-corrected chi connectivity index (χ0v) is 16.3. The molecule has 27 heavy (non-hydrogen) atoms. The molecule has 8 nitrogen and oxygen atoms in total. The Morgan fingerprint density at radius 2 is 1.00 bits per heavy atom. The van der Waals surface area contributed by atoms with Gasteiger partial charge in [-0.05, 0) is 43.5 Å². The van der Waals surface area contributed by atoms with Gasteiger partial charge in [0.2, 0.25) is 0 Å². The van der Waals surface area contributed by atoms with Gasteiger partial charge in [-0.1, -0.05) is 36.4 Å². The Hall–Kier alpha value is -1.66. The third-order valence-electron chi connectivity index (χ3n) is 3.23. The molecule has 2 N–H and O–H groups in total. The Morgan fingerprint density at radius 1 is 0.630 bits per heavy atom. The van der Waals surface area contributed by atoms with E-state index in [0.717, 1.165) is 0 Å². The van der Waals surface area contributed by atoms with Gasteiger partial charge >= 0.3 is 15.6 Å².